The first-order chi connectivity index (χ1) is 10.6. The van der Waals surface area contributed by atoms with E-state index in [1.807, 2.05) is 47.3 Å². The van der Waals surface area contributed by atoms with Gasteiger partial charge in [0.1, 0.15) is 0 Å². The van der Waals surface area contributed by atoms with E-state index in [1.54, 1.807) is 18.0 Å². The van der Waals surface area contributed by atoms with Crippen molar-refractivity contribution in [3.05, 3.63) is 54.4 Å². The number of benzene rings is 1. The van der Waals surface area contributed by atoms with Gasteiger partial charge in [0.15, 0.2) is 0 Å². The van der Waals surface area contributed by atoms with Crippen LogP contribution in [0.15, 0.2) is 48.8 Å². The molecule has 0 saturated carbocycles. The summed E-state index contributed by atoms with van der Waals surface area (Å²) in [5.41, 5.74) is 1.57. The van der Waals surface area contributed by atoms with Crippen molar-refractivity contribution in [2.24, 2.45) is 0 Å². The number of hydrogen-bond acceptors (Lipinski definition) is 3. The number of esters is 1. The smallest absolute Gasteiger partial charge is 0.305 e. The Morgan fingerprint density at radius 1 is 1.18 bits per heavy atom. The molecule has 116 valence electrons. The van der Waals surface area contributed by atoms with Gasteiger partial charge in [-0.2, -0.15) is 0 Å². The number of methoxy groups -OCH3 is 1. The highest BCUT2D eigenvalue weighted by molar-refractivity contribution is 5.94. The lowest BCUT2D eigenvalue weighted by molar-refractivity contribution is -0.140. The summed E-state index contributed by atoms with van der Waals surface area (Å²) < 4.78 is 6.54. The zero-order chi connectivity index (χ0) is 15.9. The number of nitrogens with zero attached hydrogens (tertiary/aromatic N) is 2. The summed E-state index contributed by atoms with van der Waals surface area (Å²) >= 11 is 0. The normalized spacial score (nSPS) is 10.3. The van der Waals surface area contributed by atoms with Crippen LogP contribution in [-0.4, -0.2) is 42.0 Å². The largest absolute Gasteiger partial charge is 0.469 e. The molecule has 22 heavy (non-hydrogen) atoms. The maximum absolute atomic E-state index is 12.4. The minimum atomic E-state index is -0.254. The van der Waals surface area contributed by atoms with Crippen LogP contribution in [0.1, 0.15) is 23.2 Å². The quantitative estimate of drug-likeness (QED) is 0.770. The highest BCUT2D eigenvalue weighted by Gasteiger charge is 2.12. The zero-order valence-corrected chi connectivity index (χ0v) is 12.9. The fourth-order valence-electron chi connectivity index (χ4n) is 2.19. The van der Waals surface area contributed by atoms with E-state index in [-0.39, 0.29) is 11.9 Å². The summed E-state index contributed by atoms with van der Waals surface area (Å²) in [6.45, 7) is 0.516. The lowest BCUT2D eigenvalue weighted by Gasteiger charge is -2.17. The Morgan fingerprint density at radius 2 is 1.91 bits per heavy atom. The van der Waals surface area contributed by atoms with E-state index >= 15 is 0 Å². The second-order valence-corrected chi connectivity index (χ2v) is 5.05. The van der Waals surface area contributed by atoms with Crippen LogP contribution >= 0.6 is 0 Å². The van der Waals surface area contributed by atoms with Crippen molar-refractivity contribution in [2.75, 3.05) is 20.7 Å². The molecular formula is C17H20N2O3. The lowest BCUT2D eigenvalue weighted by Crippen LogP contribution is -2.28. The molecule has 0 aliphatic carbocycles. The molecule has 2 aromatic rings. The summed E-state index contributed by atoms with van der Waals surface area (Å²) in [6, 6.07) is 11.4. The van der Waals surface area contributed by atoms with Crippen molar-refractivity contribution in [3.63, 3.8) is 0 Å². The summed E-state index contributed by atoms with van der Waals surface area (Å²) in [7, 11) is 3.10. The van der Waals surface area contributed by atoms with Gasteiger partial charge in [-0.15, -0.1) is 0 Å². The van der Waals surface area contributed by atoms with Crippen molar-refractivity contribution < 1.29 is 14.3 Å². The number of ether oxygens (including phenoxy) is 1. The maximum Gasteiger partial charge on any atom is 0.305 e. The first-order valence-corrected chi connectivity index (χ1v) is 7.17. The van der Waals surface area contributed by atoms with Crippen molar-refractivity contribution >= 4 is 11.9 Å². The van der Waals surface area contributed by atoms with Crippen LogP contribution < -0.4 is 0 Å². The highest BCUT2D eigenvalue weighted by Crippen LogP contribution is 2.13. The molecule has 0 unspecified atom stereocenters. The first-order valence-electron chi connectivity index (χ1n) is 7.17. The molecule has 0 aliphatic heterocycles. The van der Waals surface area contributed by atoms with E-state index in [4.69, 9.17) is 0 Å². The number of carbonyl (C=O) groups is 2. The number of amides is 1. The summed E-state index contributed by atoms with van der Waals surface area (Å²) in [5.74, 6) is -0.311. The molecule has 0 bridgehead atoms. The van der Waals surface area contributed by atoms with Gasteiger partial charge < -0.3 is 14.2 Å². The Hall–Kier alpha value is -2.56. The topological polar surface area (TPSA) is 51.5 Å². The van der Waals surface area contributed by atoms with Crippen molar-refractivity contribution in [1.82, 2.24) is 9.47 Å². The third-order valence-corrected chi connectivity index (χ3v) is 3.44. The fraction of sp³-hybridized carbons (Fsp3) is 0.294. The molecule has 1 aromatic carbocycles. The summed E-state index contributed by atoms with van der Waals surface area (Å²) in [6.07, 6.45) is 4.77. The molecule has 0 spiro atoms. The van der Waals surface area contributed by atoms with Crippen LogP contribution in [0.5, 0.6) is 0 Å². The number of hydrogen-bond donors (Lipinski definition) is 0. The predicted molar refractivity (Wildman–Crippen MR) is 84.0 cm³/mol. The average molecular weight is 300 g/mol. The first kappa shape index (κ1) is 15.8. The van der Waals surface area contributed by atoms with Gasteiger partial charge in [-0.25, -0.2) is 0 Å². The SMILES string of the molecule is COC(=O)CCCN(C)C(=O)c1cccc(-n2cccc2)c1. The van der Waals surface area contributed by atoms with E-state index < -0.39 is 0 Å². The summed E-state index contributed by atoms with van der Waals surface area (Å²) in [5, 5.41) is 0. The van der Waals surface area contributed by atoms with Crippen LogP contribution in [0, 0.1) is 0 Å². The highest BCUT2D eigenvalue weighted by atomic mass is 16.5. The molecule has 0 atom stereocenters. The number of aromatic nitrogens is 1. The second-order valence-electron chi connectivity index (χ2n) is 5.05. The second kappa shape index (κ2) is 7.45. The Kier molecular flexibility index (Phi) is 5.36. The summed E-state index contributed by atoms with van der Waals surface area (Å²) in [4.78, 5) is 25.1. The third kappa shape index (κ3) is 3.97. The average Bonchev–Trinajstić information content (AvgIpc) is 3.08. The van der Waals surface area contributed by atoms with E-state index in [0.717, 1.165) is 5.69 Å². The van der Waals surface area contributed by atoms with Crippen LogP contribution in [0.3, 0.4) is 0 Å². The van der Waals surface area contributed by atoms with E-state index in [1.165, 1.54) is 7.11 Å². The molecule has 0 radical (unpaired) electrons. The molecule has 5 nitrogen and oxygen atoms in total. The molecule has 0 aliphatic rings. The minimum absolute atomic E-state index is 0.0566. The van der Waals surface area contributed by atoms with Crippen molar-refractivity contribution in [1.29, 1.82) is 0 Å². The molecule has 0 saturated heterocycles. The molecule has 0 fully saturated rings. The standard InChI is InChI=1S/C17H20N2O3/c1-18(10-6-9-16(20)22-2)17(21)14-7-5-8-15(13-14)19-11-3-4-12-19/h3-5,7-8,11-13H,6,9-10H2,1-2H3. The zero-order valence-electron chi connectivity index (χ0n) is 12.9. The van der Waals surface area contributed by atoms with Gasteiger partial charge in [0.05, 0.1) is 7.11 Å². The van der Waals surface area contributed by atoms with Crippen LogP contribution in [0.4, 0.5) is 0 Å². The monoisotopic (exact) mass is 300 g/mol. The Bertz CT molecular complexity index is 635. The van der Waals surface area contributed by atoms with Gasteiger partial charge in [0.25, 0.3) is 5.91 Å². The Morgan fingerprint density at radius 3 is 2.59 bits per heavy atom. The molecule has 2 rings (SSSR count). The van der Waals surface area contributed by atoms with Crippen LogP contribution in [0.2, 0.25) is 0 Å². The van der Waals surface area contributed by atoms with Crippen LogP contribution in [-0.2, 0) is 9.53 Å². The van der Waals surface area contributed by atoms with Gasteiger partial charge in [0.2, 0.25) is 0 Å². The van der Waals surface area contributed by atoms with Crippen molar-refractivity contribution in [2.45, 2.75) is 12.8 Å². The molecule has 1 heterocycles. The van der Waals surface area contributed by atoms with E-state index in [9.17, 15) is 9.59 Å². The molecule has 1 amide bonds. The van der Waals surface area contributed by atoms with Gasteiger partial charge in [-0.1, -0.05) is 6.07 Å². The third-order valence-electron chi connectivity index (χ3n) is 3.44. The Labute approximate surface area is 130 Å². The molecular weight excluding hydrogens is 280 g/mol. The minimum Gasteiger partial charge on any atom is -0.469 e. The molecule has 0 N–H and O–H groups in total. The van der Waals surface area contributed by atoms with Gasteiger partial charge in [0, 0.05) is 43.7 Å². The van der Waals surface area contributed by atoms with Gasteiger partial charge in [-0.05, 0) is 36.8 Å². The van der Waals surface area contributed by atoms with Gasteiger partial charge in [-0.3, -0.25) is 9.59 Å². The predicted octanol–water partition coefficient (Wildman–Crippen LogP) is 2.50. The van der Waals surface area contributed by atoms with Gasteiger partial charge >= 0.3 is 5.97 Å². The fourth-order valence-corrected chi connectivity index (χ4v) is 2.19. The van der Waals surface area contributed by atoms with E-state index in [2.05, 4.69) is 4.74 Å². The molecule has 1 aromatic heterocycles. The number of carbonyl (C=O) groups excluding carboxylic acids is 2. The molecule has 5 heteroatoms. The Balaban J connectivity index is 2.00. The maximum atomic E-state index is 12.4. The van der Waals surface area contributed by atoms with Crippen LogP contribution in [0.25, 0.3) is 5.69 Å². The van der Waals surface area contributed by atoms with Crippen molar-refractivity contribution in [3.8, 4) is 5.69 Å². The lowest BCUT2D eigenvalue weighted by atomic mass is 10.1. The number of rotatable bonds is 6. The van der Waals surface area contributed by atoms with E-state index in [0.29, 0.717) is 24.9 Å².